The maximum absolute atomic E-state index is 13.1. The summed E-state index contributed by atoms with van der Waals surface area (Å²) >= 11 is 0. The molecule has 94 valence electrons. The smallest absolute Gasteiger partial charge is 0.127 e. The van der Waals surface area contributed by atoms with E-state index in [4.69, 9.17) is 4.74 Å². The van der Waals surface area contributed by atoms with Crippen molar-refractivity contribution in [2.45, 2.75) is 6.61 Å². The number of halogens is 1. The minimum Gasteiger partial charge on any atom is -0.488 e. The Kier molecular flexibility index (Phi) is 3.15. The van der Waals surface area contributed by atoms with Gasteiger partial charge in [0.15, 0.2) is 0 Å². The summed E-state index contributed by atoms with van der Waals surface area (Å²) in [6.45, 7) is 0.367. The molecule has 0 radical (unpaired) electrons. The lowest BCUT2D eigenvalue weighted by Gasteiger charge is -2.09. The van der Waals surface area contributed by atoms with Crippen LogP contribution in [0.4, 0.5) is 4.39 Å². The van der Waals surface area contributed by atoms with Gasteiger partial charge in [-0.15, -0.1) is 0 Å². The predicted octanol–water partition coefficient (Wildman–Crippen LogP) is 4.56. The maximum Gasteiger partial charge on any atom is 0.127 e. The van der Waals surface area contributed by atoms with Crippen molar-refractivity contribution in [3.63, 3.8) is 0 Å². The number of hydrogen-bond acceptors (Lipinski definition) is 1. The molecule has 0 amide bonds. The van der Waals surface area contributed by atoms with Crippen molar-refractivity contribution in [1.29, 1.82) is 0 Å². The predicted molar refractivity (Wildman–Crippen MR) is 74.7 cm³/mol. The van der Waals surface area contributed by atoms with E-state index < -0.39 is 0 Å². The van der Waals surface area contributed by atoms with Gasteiger partial charge in [-0.1, -0.05) is 48.5 Å². The van der Waals surface area contributed by atoms with Crippen LogP contribution in [0, 0.1) is 5.82 Å². The fourth-order valence-corrected chi connectivity index (χ4v) is 2.11. The van der Waals surface area contributed by atoms with Crippen LogP contribution in [0.2, 0.25) is 0 Å². The zero-order chi connectivity index (χ0) is 13.1. The summed E-state index contributed by atoms with van der Waals surface area (Å²) in [6.07, 6.45) is 0. The van der Waals surface area contributed by atoms with Gasteiger partial charge >= 0.3 is 0 Å². The van der Waals surface area contributed by atoms with Crippen LogP contribution >= 0.6 is 0 Å². The molecule has 3 rings (SSSR count). The number of benzene rings is 3. The molecule has 0 saturated heterocycles. The van der Waals surface area contributed by atoms with Crippen molar-refractivity contribution >= 4 is 10.8 Å². The Hall–Kier alpha value is -2.35. The molecule has 19 heavy (non-hydrogen) atoms. The van der Waals surface area contributed by atoms with Gasteiger partial charge in [0, 0.05) is 5.39 Å². The van der Waals surface area contributed by atoms with Gasteiger partial charge in [0.1, 0.15) is 18.2 Å². The van der Waals surface area contributed by atoms with E-state index in [0.29, 0.717) is 6.61 Å². The van der Waals surface area contributed by atoms with Crippen LogP contribution in [-0.2, 0) is 6.61 Å². The quantitative estimate of drug-likeness (QED) is 0.664. The van der Waals surface area contributed by atoms with E-state index in [0.717, 1.165) is 22.1 Å². The number of fused-ring (bicyclic) bond motifs is 1. The minimum atomic E-state index is -0.237. The number of ether oxygens (including phenoxy) is 1. The molecule has 3 aromatic carbocycles. The maximum atomic E-state index is 13.1. The van der Waals surface area contributed by atoms with Crippen LogP contribution in [0.5, 0.6) is 5.75 Å². The lowest BCUT2D eigenvalue weighted by molar-refractivity contribution is 0.309. The Balaban J connectivity index is 1.86. The Morgan fingerprint density at radius 1 is 0.842 bits per heavy atom. The summed E-state index contributed by atoms with van der Waals surface area (Å²) in [6, 6.07) is 20.5. The van der Waals surface area contributed by atoms with E-state index >= 15 is 0 Å². The summed E-state index contributed by atoms with van der Waals surface area (Å²) in [5.74, 6) is 0.585. The van der Waals surface area contributed by atoms with Crippen LogP contribution in [0.15, 0.2) is 66.7 Å². The summed E-state index contributed by atoms with van der Waals surface area (Å²) in [5, 5.41) is 2.21. The van der Waals surface area contributed by atoms with E-state index in [2.05, 4.69) is 0 Å². The first kappa shape index (κ1) is 11.7. The molecule has 0 bridgehead atoms. The SMILES string of the molecule is Fc1cccc(COc2cccc3ccccc23)c1. The monoisotopic (exact) mass is 252 g/mol. The first-order valence-corrected chi connectivity index (χ1v) is 6.18. The van der Waals surface area contributed by atoms with Gasteiger partial charge in [0.2, 0.25) is 0 Å². The summed E-state index contributed by atoms with van der Waals surface area (Å²) in [7, 11) is 0. The van der Waals surface area contributed by atoms with E-state index in [1.165, 1.54) is 12.1 Å². The molecule has 2 heteroatoms. The van der Waals surface area contributed by atoms with Crippen LogP contribution < -0.4 is 4.74 Å². The zero-order valence-electron chi connectivity index (χ0n) is 10.3. The number of hydrogen-bond donors (Lipinski definition) is 0. The van der Waals surface area contributed by atoms with Crippen molar-refractivity contribution in [3.8, 4) is 5.75 Å². The second kappa shape index (κ2) is 5.11. The fraction of sp³-hybridized carbons (Fsp3) is 0.0588. The molecule has 3 aromatic rings. The molecule has 1 nitrogen and oxygen atoms in total. The number of rotatable bonds is 3. The molecule has 0 aliphatic heterocycles. The van der Waals surface area contributed by atoms with Crippen LogP contribution in [-0.4, -0.2) is 0 Å². The molecule has 0 heterocycles. The van der Waals surface area contributed by atoms with Crippen molar-refractivity contribution in [2.24, 2.45) is 0 Å². The molecule has 0 unspecified atom stereocenters. The Morgan fingerprint density at radius 2 is 1.63 bits per heavy atom. The normalized spacial score (nSPS) is 10.6. The van der Waals surface area contributed by atoms with Crippen molar-refractivity contribution in [2.75, 3.05) is 0 Å². The highest BCUT2D eigenvalue weighted by molar-refractivity contribution is 5.88. The van der Waals surface area contributed by atoms with Gasteiger partial charge in [-0.25, -0.2) is 4.39 Å². The van der Waals surface area contributed by atoms with Crippen molar-refractivity contribution < 1.29 is 9.13 Å². The lowest BCUT2D eigenvalue weighted by Crippen LogP contribution is -1.96. The second-order valence-electron chi connectivity index (χ2n) is 4.40. The van der Waals surface area contributed by atoms with Gasteiger partial charge in [0.05, 0.1) is 0 Å². The van der Waals surface area contributed by atoms with Crippen molar-refractivity contribution in [1.82, 2.24) is 0 Å². The van der Waals surface area contributed by atoms with Gasteiger partial charge in [-0.3, -0.25) is 0 Å². The highest BCUT2D eigenvalue weighted by Gasteiger charge is 2.02. The molecule has 0 fully saturated rings. The largest absolute Gasteiger partial charge is 0.488 e. The van der Waals surface area contributed by atoms with Crippen LogP contribution in [0.1, 0.15) is 5.56 Å². The first-order valence-electron chi connectivity index (χ1n) is 6.18. The van der Waals surface area contributed by atoms with Crippen molar-refractivity contribution in [3.05, 3.63) is 78.1 Å². The standard InChI is InChI=1S/C17H13FO/c18-15-8-3-5-13(11-15)12-19-17-10-4-7-14-6-1-2-9-16(14)17/h1-11H,12H2. The van der Waals surface area contributed by atoms with Gasteiger partial charge in [0.25, 0.3) is 0 Å². The van der Waals surface area contributed by atoms with Gasteiger partial charge in [-0.2, -0.15) is 0 Å². The van der Waals surface area contributed by atoms with Gasteiger partial charge in [-0.05, 0) is 29.1 Å². The lowest BCUT2D eigenvalue weighted by atomic mass is 10.1. The zero-order valence-corrected chi connectivity index (χ0v) is 10.3. The fourth-order valence-electron chi connectivity index (χ4n) is 2.11. The molecular weight excluding hydrogens is 239 g/mol. The van der Waals surface area contributed by atoms with E-state index in [1.54, 1.807) is 6.07 Å². The van der Waals surface area contributed by atoms with E-state index in [-0.39, 0.29) is 5.82 Å². The summed E-state index contributed by atoms with van der Waals surface area (Å²) in [4.78, 5) is 0. The van der Waals surface area contributed by atoms with Crippen LogP contribution in [0.3, 0.4) is 0 Å². The summed E-state index contributed by atoms with van der Waals surface area (Å²) < 4.78 is 18.9. The third kappa shape index (κ3) is 2.58. The molecule has 0 N–H and O–H groups in total. The average molecular weight is 252 g/mol. The molecule has 0 atom stereocenters. The van der Waals surface area contributed by atoms with E-state index in [1.807, 2.05) is 48.5 Å². The third-order valence-electron chi connectivity index (χ3n) is 3.03. The Morgan fingerprint density at radius 3 is 2.53 bits per heavy atom. The summed E-state index contributed by atoms with van der Waals surface area (Å²) in [5.41, 5.74) is 0.827. The van der Waals surface area contributed by atoms with Gasteiger partial charge < -0.3 is 4.74 Å². The highest BCUT2D eigenvalue weighted by atomic mass is 19.1. The highest BCUT2D eigenvalue weighted by Crippen LogP contribution is 2.25. The molecule has 0 saturated carbocycles. The Labute approximate surface area is 111 Å². The Bertz CT molecular complexity index is 701. The topological polar surface area (TPSA) is 9.23 Å². The van der Waals surface area contributed by atoms with E-state index in [9.17, 15) is 4.39 Å². The minimum absolute atomic E-state index is 0.237. The molecular formula is C17H13FO. The molecule has 0 aliphatic rings. The average Bonchev–Trinajstić information content (AvgIpc) is 2.45. The van der Waals surface area contributed by atoms with Crippen LogP contribution in [0.25, 0.3) is 10.8 Å². The molecule has 0 aromatic heterocycles. The third-order valence-corrected chi connectivity index (χ3v) is 3.03. The second-order valence-corrected chi connectivity index (χ2v) is 4.40. The first-order chi connectivity index (χ1) is 9.33. The molecule has 0 spiro atoms. The molecule has 0 aliphatic carbocycles.